The highest BCUT2D eigenvalue weighted by atomic mass is 16.7. The Morgan fingerprint density at radius 3 is 2.70 bits per heavy atom. The maximum atomic E-state index is 5.46. The number of nitrogens with one attached hydrogen (secondary N) is 1. The maximum Gasteiger partial charge on any atom is 0.231 e. The van der Waals surface area contributed by atoms with Crippen molar-refractivity contribution in [3.63, 3.8) is 0 Å². The van der Waals surface area contributed by atoms with Gasteiger partial charge in [0.2, 0.25) is 6.79 Å². The molecule has 0 spiro atoms. The maximum absolute atomic E-state index is 5.46. The Bertz CT molecular complexity index is 436. The van der Waals surface area contributed by atoms with E-state index in [1.54, 1.807) is 0 Å². The lowest BCUT2D eigenvalue weighted by Crippen LogP contribution is -2.33. The molecule has 2 rings (SSSR count). The average Bonchev–Trinajstić information content (AvgIpc) is 2.91. The zero-order valence-electron chi connectivity index (χ0n) is 13.0. The molecule has 0 fully saturated rings. The first-order valence-electron chi connectivity index (χ1n) is 7.39. The lowest BCUT2D eigenvalue weighted by molar-refractivity contribution is 0.174. The van der Waals surface area contributed by atoms with E-state index in [9.17, 15) is 0 Å². The van der Waals surface area contributed by atoms with Crippen LogP contribution in [0.5, 0.6) is 11.5 Å². The Balaban J connectivity index is 2.01. The highest BCUT2D eigenvalue weighted by molar-refractivity contribution is 5.45. The molecule has 4 heteroatoms. The molecule has 1 aliphatic rings. The fourth-order valence-corrected chi connectivity index (χ4v) is 2.54. The van der Waals surface area contributed by atoms with Gasteiger partial charge in [-0.1, -0.05) is 26.3 Å². The van der Waals surface area contributed by atoms with E-state index in [-0.39, 0.29) is 0 Å². The molecule has 1 aliphatic heterocycles. The highest BCUT2D eigenvalue weighted by Crippen LogP contribution is 2.34. The molecular weight excluding hydrogens is 252 g/mol. The van der Waals surface area contributed by atoms with Gasteiger partial charge in [-0.3, -0.25) is 0 Å². The molecule has 1 heterocycles. The van der Waals surface area contributed by atoms with Crippen molar-refractivity contribution in [3.05, 3.63) is 23.8 Å². The van der Waals surface area contributed by atoms with Crippen LogP contribution in [0.4, 0.5) is 0 Å². The Morgan fingerprint density at radius 2 is 2.00 bits per heavy atom. The summed E-state index contributed by atoms with van der Waals surface area (Å²) < 4.78 is 10.8. The van der Waals surface area contributed by atoms with Crippen molar-refractivity contribution in [3.8, 4) is 11.5 Å². The Morgan fingerprint density at radius 1 is 1.25 bits per heavy atom. The molecule has 4 nitrogen and oxygen atoms in total. The van der Waals surface area contributed by atoms with Crippen LogP contribution in [0.1, 0.15) is 31.9 Å². The normalized spacial score (nSPS) is 16.4. The molecule has 0 amide bonds. The van der Waals surface area contributed by atoms with Gasteiger partial charge in [-0.15, -0.1) is 0 Å². The van der Waals surface area contributed by atoms with Gasteiger partial charge in [-0.2, -0.15) is 0 Å². The van der Waals surface area contributed by atoms with Crippen LogP contribution in [0.25, 0.3) is 0 Å². The third kappa shape index (κ3) is 3.64. The van der Waals surface area contributed by atoms with Crippen molar-refractivity contribution in [2.45, 2.75) is 26.3 Å². The molecule has 0 aromatic heterocycles. The summed E-state index contributed by atoms with van der Waals surface area (Å²) in [7, 11) is 4.19. The van der Waals surface area contributed by atoms with E-state index in [1.807, 2.05) is 13.1 Å². The first kappa shape index (κ1) is 15.1. The van der Waals surface area contributed by atoms with E-state index < -0.39 is 0 Å². The first-order chi connectivity index (χ1) is 9.63. The summed E-state index contributed by atoms with van der Waals surface area (Å²) in [6, 6.07) is 6.50. The molecule has 1 aromatic carbocycles. The number of likely N-dealkylation sites (N-methyl/N-ethyl adjacent to an activating group) is 2. The van der Waals surface area contributed by atoms with Gasteiger partial charge >= 0.3 is 0 Å². The van der Waals surface area contributed by atoms with Gasteiger partial charge in [0.05, 0.1) is 0 Å². The molecule has 2 unspecified atom stereocenters. The van der Waals surface area contributed by atoms with Gasteiger partial charge in [0, 0.05) is 19.1 Å². The molecule has 1 aromatic rings. The second-order valence-electron chi connectivity index (χ2n) is 5.69. The number of hydrogen-bond acceptors (Lipinski definition) is 4. The smallest absolute Gasteiger partial charge is 0.231 e. The molecule has 0 saturated carbocycles. The van der Waals surface area contributed by atoms with Crippen LogP contribution < -0.4 is 14.8 Å². The molecule has 0 radical (unpaired) electrons. The second-order valence-corrected chi connectivity index (χ2v) is 5.69. The fourth-order valence-electron chi connectivity index (χ4n) is 2.54. The van der Waals surface area contributed by atoms with Crippen LogP contribution in [0.3, 0.4) is 0 Å². The largest absolute Gasteiger partial charge is 0.454 e. The zero-order valence-corrected chi connectivity index (χ0v) is 13.0. The van der Waals surface area contributed by atoms with Crippen LogP contribution in [0.15, 0.2) is 18.2 Å². The third-order valence-corrected chi connectivity index (χ3v) is 3.96. The minimum Gasteiger partial charge on any atom is -0.454 e. The predicted octanol–water partition coefficient (Wildman–Crippen LogP) is 2.65. The van der Waals surface area contributed by atoms with E-state index in [4.69, 9.17) is 9.47 Å². The lowest BCUT2D eigenvalue weighted by atomic mass is 10.0. The van der Waals surface area contributed by atoms with Crippen molar-refractivity contribution in [1.82, 2.24) is 10.2 Å². The monoisotopic (exact) mass is 278 g/mol. The van der Waals surface area contributed by atoms with Gasteiger partial charge in [-0.25, -0.2) is 0 Å². The van der Waals surface area contributed by atoms with Gasteiger partial charge in [0.25, 0.3) is 0 Å². The molecule has 112 valence electrons. The summed E-state index contributed by atoms with van der Waals surface area (Å²) in [6.45, 7) is 6.98. The van der Waals surface area contributed by atoms with Crippen LogP contribution in [0, 0.1) is 5.92 Å². The number of ether oxygens (including phenoxy) is 2. The molecule has 20 heavy (non-hydrogen) atoms. The van der Waals surface area contributed by atoms with Gasteiger partial charge in [0.15, 0.2) is 11.5 Å². The van der Waals surface area contributed by atoms with Crippen LogP contribution >= 0.6 is 0 Å². The zero-order chi connectivity index (χ0) is 14.5. The number of nitrogens with zero attached hydrogens (tertiary/aromatic N) is 1. The molecule has 0 saturated heterocycles. The SMILES string of the molecule is CCC(C)CN(C)CC(NC)c1ccc2c(c1)OCO2. The summed E-state index contributed by atoms with van der Waals surface area (Å²) in [5, 5.41) is 3.39. The minimum absolute atomic E-state index is 0.304. The summed E-state index contributed by atoms with van der Waals surface area (Å²) in [6.07, 6.45) is 1.22. The molecular formula is C16H26N2O2. The molecule has 0 bridgehead atoms. The van der Waals surface area contributed by atoms with Gasteiger partial charge < -0.3 is 19.7 Å². The number of fused-ring (bicyclic) bond motifs is 1. The summed E-state index contributed by atoms with van der Waals surface area (Å²) in [5.41, 5.74) is 1.24. The fraction of sp³-hybridized carbons (Fsp3) is 0.625. The number of rotatable bonds is 7. The van der Waals surface area contributed by atoms with Gasteiger partial charge in [0.1, 0.15) is 0 Å². The lowest BCUT2D eigenvalue weighted by Gasteiger charge is -2.26. The quantitative estimate of drug-likeness (QED) is 0.831. The first-order valence-corrected chi connectivity index (χ1v) is 7.39. The predicted molar refractivity (Wildman–Crippen MR) is 81.3 cm³/mol. The Hall–Kier alpha value is -1.26. The summed E-state index contributed by atoms with van der Waals surface area (Å²) in [5.74, 6) is 2.43. The van der Waals surface area contributed by atoms with Crippen molar-refractivity contribution >= 4 is 0 Å². The number of hydrogen-bond donors (Lipinski definition) is 1. The molecule has 1 N–H and O–H groups in total. The average molecular weight is 278 g/mol. The second kappa shape index (κ2) is 6.95. The number of benzene rings is 1. The molecule has 2 atom stereocenters. The summed E-state index contributed by atoms with van der Waals surface area (Å²) in [4.78, 5) is 2.39. The van der Waals surface area contributed by atoms with E-state index >= 15 is 0 Å². The van der Waals surface area contributed by atoms with Gasteiger partial charge in [-0.05, 0) is 37.7 Å². The van der Waals surface area contributed by atoms with E-state index in [2.05, 4.69) is 43.2 Å². The minimum atomic E-state index is 0.304. The highest BCUT2D eigenvalue weighted by Gasteiger charge is 2.18. The van der Waals surface area contributed by atoms with Crippen molar-refractivity contribution < 1.29 is 9.47 Å². The molecule has 0 aliphatic carbocycles. The van der Waals surface area contributed by atoms with Crippen molar-refractivity contribution in [1.29, 1.82) is 0 Å². The third-order valence-electron chi connectivity index (χ3n) is 3.96. The van der Waals surface area contributed by atoms with Crippen LogP contribution in [-0.4, -0.2) is 38.9 Å². The summed E-state index contributed by atoms with van der Waals surface area (Å²) >= 11 is 0. The van der Waals surface area contributed by atoms with E-state index in [1.165, 1.54) is 12.0 Å². The topological polar surface area (TPSA) is 33.7 Å². The Kier molecular flexibility index (Phi) is 5.26. The van der Waals surface area contributed by atoms with Crippen molar-refractivity contribution in [2.24, 2.45) is 5.92 Å². The standard InChI is InChI=1S/C16H26N2O2/c1-5-12(2)9-18(4)10-14(17-3)13-6-7-15-16(8-13)20-11-19-15/h6-8,12,14,17H,5,9-11H2,1-4H3. The van der Waals surface area contributed by atoms with E-state index in [0.717, 1.165) is 30.5 Å². The van der Waals surface area contributed by atoms with Crippen LogP contribution in [0.2, 0.25) is 0 Å². The van der Waals surface area contributed by atoms with E-state index in [0.29, 0.717) is 12.8 Å². The Labute approximate surface area is 122 Å². The van der Waals surface area contributed by atoms with Crippen LogP contribution in [-0.2, 0) is 0 Å². The van der Waals surface area contributed by atoms with Crippen molar-refractivity contribution in [2.75, 3.05) is 34.0 Å².